The summed E-state index contributed by atoms with van der Waals surface area (Å²) < 4.78 is 0. The van der Waals surface area contributed by atoms with Gasteiger partial charge in [-0.2, -0.15) is 0 Å². The molecule has 0 aliphatic carbocycles. The molecule has 1 fully saturated rings. The van der Waals surface area contributed by atoms with Crippen LogP contribution in [0.1, 0.15) is 37.0 Å². The van der Waals surface area contributed by atoms with E-state index in [-0.39, 0.29) is 28.4 Å². The zero-order valence-corrected chi connectivity index (χ0v) is 10.8. The molecule has 1 aromatic carbocycles. The number of hydrogen-bond donors (Lipinski definition) is 2. The highest BCUT2D eigenvalue weighted by Gasteiger charge is 2.29. The van der Waals surface area contributed by atoms with Crippen molar-refractivity contribution in [3.8, 4) is 11.5 Å². The molecule has 0 radical (unpaired) electrons. The van der Waals surface area contributed by atoms with E-state index in [1.54, 1.807) is 4.90 Å². The first-order chi connectivity index (χ1) is 8.39. The Labute approximate surface area is 107 Å². The first-order valence-electron chi connectivity index (χ1n) is 6.20. The highest BCUT2D eigenvalue weighted by atomic mass is 16.3. The summed E-state index contributed by atoms with van der Waals surface area (Å²) in [5.74, 6) is -0.364. The summed E-state index contributed by atoms with van der Waals surface area (Å²) in [6.07, 6.45) is 1.94. The van der Waals surface area contributed by atoms with Crippen LogP contribution in [0.2, 0.25) is 0 Å². The van der Waals surface area contributed by atoms with Gasteiger partial charge in [0.1, 0.15) is 11.5 Å². The summed E-state index contributed by atoms with van der Waals surface area (Å²) in [6.45, 7) is 5.83. The number of rotatable bonds is 1. The van der Waals surface area contributed by atoms with Gasteiger partial charge in [0.15, 0.2) is 0 Å². The number of benzene rings is 1. The van der Waals surface area contributed by atoms with Crippen molar-refractivity contribution in [1.29, 1.82) is 0 Å². The predicted octanol–water partition coefficient (Wildman–Crippen LogP) is 2.36. The van der Waals surface area contributed by atoms with Gasteiger partial charge >= 0.3 is 0 Å². The average molecular weight is 249 g/mol. The standard InChI is InChI=1S/C14H19NO3/c1-14(2)5-7-15(8-6-14)13(18)11-4-3-10(16)9-12(11)17/h3-4,9,16-17H,5-8H2,1-2H3. The van der Waals surface area contributed by atoms with Crippen molar-refractivity contribution in [3.05, 3.63) is 23.8 Å². The molecular weight excluding hydrogens is 230 g/mol. The number of carbonyl (C=O) groups excluding carboxylic acids is 1. The second-order valence-electron chi connectivity index (χ2n) is 5.66. The zero-order chi connectivity index (χ0) is 13.3. The normalized spacial score (nSPS) is 18.7. The van der Waals surface area contributed by atoms with E-state index in [1.165, 1.54) is 18.2 Å². The van der Waals surface area contributed by atoms with E-state index in [0.717, 1.165) is 12.8 Å². The quantitative estimate of drug-likeness (QED) is 0.803. The number of phenolic OH excluding ortho intramolecular Hbond substituents is 2. The van der Waals surface area contributed by atoms with Gasteiger partial charge in [0.2, 0.25) is 0 Å². The van der Waals surface area contributed by atoms with Crippen molar-refractivity contribution in [3.63, 3.8) is 0 Å². The first-order valence-corrected chi connectivity index (χ1v) is 6.20. The molecule has 1 heterocycles. The summed E-state index contributed by atoms with van der Waals surface area (Å²) in [5, 5.41) is 18.9. The van der Waals surface area contributed by atoms with Crippen molar-refractivity contribution < 1.29 is 15.0 Å². The lowest BCUT2D eigenvalue weighted by atomic mass is 9.82. The predicted molar refractivity (Wildman–Crippen MR) is 68.7 cm³/mol. The van der Waals surface area contributed by atoms with Gasteiger partial charge in [-0.25, -0.2) is 0 Å². The summed E-state index contributed by atoms with van der Waals surface area (Å²) in [5.41, 5.74) is 0.542. The fourth-order valence-electron chi connectivity index (χ4n) is 2.19. The van der Waals surface area contributed by atoms with Gasteiger partial charge in [0.05, 0.1) is 5.56 Å². The van der Waals surface area contributed by atoms with Crippen LogP contribution in [0.3, 0.4) is 0 Å². The fourth-order valence-corrected chi connectivity index (χ4v) is 2.19. The molecule has 0 bridgehead atoms. The molecule has 0 aromatic heterocycles. The molecule has 2 N–H and O–H groups in total. The lowest BCUT2D eigenvalue weighted by Gasteiger charge is -2.37. The molecule has 2 rings (SSSR count). The minimum absolute atomic E-state index is 0.0381. The maximum absolute atomic E-state index is 12.2. The molecule has 98 valence electrons. The second-order valence-corrected chi connectivity index (χ2v) is 5.66. The number of hydrogen-bond acceptors (Lipinski definition) is 3. The van der Waals surface area contributed by atoms with Crippen LogP contribution in [-0.2, 0) is 0 Å². The Morgan fingerprint density at radius 2 is 1.83 bits per heavy atom. The van der Waals surface area contributed by atoms with Crippen LogP contribution >= 0.6 is 0 Å². The van der Waals surface area contributed by atoms with Gasteiger partial charge < -0.3 is 15.1 Å². The monoisotopic (exact) mass is 249 g/mol. The van der Waals surface area contributed by atoms with Gasteiger partial charge in [-0.3, -0.25) is 4.79 Å². The summed E-state index contributed by atoms with van der Waals surface area (Å²) in [7, 11) is 0. The average Bonchev–Trinajstić information content (AvgIpc) is 2.28. The van der Waals surface area contributed by atoms with E-state index in [9.17, 15) is 15.0 Å². The maximum Gasteiger partial charge on any atom is 0.257 e. The zero-order valence-electron chi connectivity index (χ0n) is 10.8. The van der Waals surface area contributed by atoms with Gasteiger partial charge in [0, 0.05) is 19.2 Å². The van der Waals surface area contributed by atoms with Crippen LogP contribution < -0.4 is 0 Å². The molecular formula is C14H19NO3. The highest BCUT2D eigenvalue weighted by Crippen LogP contribution is 2.31. The second kappa shape index (κ2) is 4.52. The number of nitrogens with zero attached hydrogens (tertiary/aromatic N) is 1. The molecule has 1 aromatic rings. The van der Waals surface area contributed by atoms with Gasteiger partial charge in [-0.05, 0) is 30.4 Å². The van der Waals surface area contributed by atoms with E-state index in [4.69, 9.17) is 0 Å². The SMILES string of the molecule is CC1(C)CCN(C(=O)c2ccc(O)cc2O)CC1. The number of piperidine rings is 1. The number of carbonyl (C=O) groups is 1. The molecule has 18 heavy (non-hydrogen) atoms. The third-order valence-electron chi connectivity index (χ3n) is 3.62. The van der Waals surface area contributed by atoms with E-state index in [1.807, 2.05) is 0 Å². The Bertz CT molecular complexity index is 458. The van der Waals surface area contributed by atoms with Crippen LogP contribution in [-0.4, -0.2) is 34.1 Å². The highest BCUT2D eigenvalue weighted by molar-refractivity contribution is 5.97. The largest absolute Gasteiger partial charge is 0.508 e. The number of amides is 1. The van der Waals surface area contributed by atoms with E-state index < -0.39 is 0 Å². The Morgan fingerprint density at radius 1 is 1.22 bits per heavy atom. The Kier molecular flexibility index (Phi) is 3.20. The van der Waals surface area contributed by atoms with Gasteiger partial charge in [-0.15, -0.1) is 0 Å². The van der Waals surface area contributed by atoms with Gasteiger partial charge in [0.25, 0.3) is 5.91 Å². The van der Waals surface area contributed by atoms with Crippen LogP contribution in [0.4, 0.5) is 0 Å². The molecule has 1 aliphatic heterocycles. The van der Waals surface area contributed by atoms with Crippen molar-refractivity contribution in [2.24, 2.45) is 5.41 Å². The lowest BCUT2D eigenvalue weighted by molar-refractivity contribution is 0.0627. The molecule has 0 unspecified atom stereocenters. The van der Waals surface area contributed by atoms with Crippen molar-refractivity contribution in [2.75, 3.05) is 13.1 Å². The molecule has 0 saturated carbocycles. The van der Waals surface area contributed by atoms with Crippen LogP contribution in [0.25, 0.3) is 0 Å². The molecule has 0 atom stereocenters. The fraction of sp³-hybridized carbons (Fsp3) is 0.500. The molecule has 0 spiro atoms. The molecule has 1 aliphatic rings. The van der Waals surface area contributed by atoms with Crippen LogP contribution in [0.15, 0.2) is 18.2 Å². The number of aromatic hydroxyl groups is 2. The van der Waals surface area contributed by atoms with E-state index in [0.29, 0.717) is 13.1 Å². The topological polar surface area (TPSA) is 60.8 Å². The maximum atomic E-state index is 12.2. The molecule has 1 saturated heterocycles. The summed E-state index contributed by atoms with van der Waals surface area (Å²) >= 11 is 0. The third-order valence-corrected chi connectivity index (χ3v) is 3.62. The van der Waals surface area contributed by atoms with E-state index >= 15 is 0 Å². The Balaban J connectivity index is 2.13. The molecule has 1 amide bonds. The minimum Gasteiger partial charge on any atom is -0.508 e. The van der Waals surface area contributed by atoms with Crippen molar-refractivity contribution >= 4 is 5.91 Å². The number of phenols is 2. The van der Waals surface area contributed by atoms with E-state index in [2.05, 4.69) is 13.8 Å². The number of likely N-dealkylation sites (tertiary alicyclic amines) is 1. The molecule has 4 heteroatoms. The lowest BCUT2D eigenvalue weighted by Crippen LogP contribution is -2.41. The van der Waals surface area contributed by atoms with Gasteiger partial charge in [-0.1, -0.05) is 13.8 Å². The summed E-state index contributed by atoms with van der Waals surface area (Å²) in [6, 6.07) is 4.08. The van der Waals surface area contributed by atoms with Crippen molar-refractivity contribution in [2.45, 2.75) is 26.7 Å². The molecule has 4 nitrogen and oxygen atoms in total. The van der Waals surface area contributed by atoms with Crippen molar-refractivity contribution in [1.82, 2.24) is 4.90 Å². The Morgan fingerprint density at radius 3 is 2.39 bits per heavy atom. The van der Waals surface area contributed by atoms with Crippen LogP contribution in [0, 0.1) is 5.41 Å². The Hall–Kier alpha value is -1.71. The first kappa shape index (κ1) is 12.7. The van der Waals surface area contributed by atoms with Crippen LogP contribution in [0.5, 0.6) is 11.5 Å². The third kappa shape index (κ3) is 2.58. The minimum atomic E-state index is -0.164. The smallest absolute Gasteiger partial charge is 0.257 e. The summed E-state index contributed by atoms with van der Waals surface area (Å²) in [4.78, 5) is 14.0.